The van der Waals surface area contributed by atoms with E-state index in [-0.39, 0.29) is 26.2 Å². The fourth-order valence-corrected chi connectivity index (χ4v) is 2.01. The summed E-state index contributed by atoms with van der Waals surface area (Å²) in [6, 6.07) is 16.4. The Balaban J connectivity index is -0.000000676. The van der Waals surface area contributed by atoms with E-state index < -0.39 is 0 Å². The molecule has 0 aliphatic rings. The molecule has 0 aromatic heterocycles. The molecule has 0 saturated carbocycles. The Morgan fingerprint density at radius 3 is 1.42 bits per heavy atom. The molecule has 0 heterocycles. The molecular weight excluding hydrogens is 462 g/mol. The third kappa shape index (κ3) is 21.4. The molecule has 0 radical (unpaired) electrons. The number of nitrogens with zero attached hydrogens (tertiary/aromatic N) is 5. The van der Waals surface area contributed by atoms with E-state index in [1.54, 1.807) is 42.3 Å². The molecule has 0 N–H and O–H groups in total. The van der Waals surface area contributed by atoms with Crippen LogP contribution in [0.2, 0.25) is 0 Å². The van der Waals surface area contributed by atoms with E-state index in [1.165, 1.54) is 11.1 Å². The van der Waals surface area contributed by atoms with Gasteiger partial charge in [0.1, 0.15) is 0 Å². The van der Waals surface area contributed by atoms with Crippen LogP contribution in [-0.2, 0) is 26.2 Å². The molecule has 0 saturated heterocycles. The monoisotopic (exact) mass is 499 g/mol. The van der Waals surface area contributed by atoms with Gasteiger partial charge >= 0.3 is 26.2 Å². The van der Waals surface area contributed by atoms with Crippen molar-refractivity contribution in [2.45, 2.75) is 27.7 Å². The van der Waals surface area contributed by atoms with Gasteiger partial charge < -0.3 is 21.3 Å². The first-order valence-electron chi connectivity index (χ1n) is 9.80. The summed E-state index contributed by atoms with van der Waals surface area (Å²) in [6.07, 6.45) is 2.00. The minimum Gasteiger partial charge on any atom is -0.668 e. The fourth-order valence-electron chi connectivity index (χ4n) is 2.01. The third-order valence-electron chi connectivity index (χ3n) is 3.10. The molecular formula is C25H39N5Zr. The molecule has 2 aromatic rings. The standard InChI is InChI=1S/C19H21N2.3C2H6N.Zr/c1-14-5-9-18(10-6-14)20-16(3)13-17(4)21-19-11-7-15(2)8-12-19;3*1-3-2;/h5-13H,1-4H3;3*1-2H3;/q4*-1;+4/b16-13-,21-17?;;;;. The maximum Gasteiger partial charge on any atom is 4.00 e. The van der Waals surface area contributed by atoms with Crippen molar-refractivity contribution in [3.8, 4) is 0 Å². The van der Waals surface area contributed by atoms with E-state index in [1.807, 2.05) is 44.2 Å². The van der Waals surface area contributed by atoms with Crippen molar-refractivity contribution in [1.82, 2.24) is 0 Å². The van der Waals surface area contributed by atoms with Crippen molar-refractivity contribution in [2.24, 2.45) is 4.99 Å². The normalized spacial score (nSPS) is 10.1. The molecule has 0 spiro atoms. The molecule has 0 fully saturated rings. The van der Waals surface area contributed by atoms with Crippen LogP contribution in [0, 0.1) is 13.8 Å². The van der Waals surface area contributed by atoms with Gasteiger partial charge in [-0.3, -0.25) is 4.99 Å². The number of benzene rings is 2. The Labute approximate surface area is 210 Å². The van der Waals surface area contributed by atoms with E-state index in [4.69, 9.17) is 0 Å². The van der Waals surface area contributed by atoms with Gasteiger partial charge in [0.2, 0.25) is 0 Å². The average Bonchev–Trinajstić information content (AvgIpc) is 2.67. The summed E-state index contributed by atoms with van der Waals surface area (Å²) in [4.78, 5) is 4.58. The maximum atomic E-state index is 4.58. The van der Waals surface area contributed by atoms with Gasteiger partial charge in [-0.15, -0.1) is 5.69 Å². The number of allylic oxidation sites excluding steroid dienone is 2. The van der Waals surface area contributed by atoms with Gasteiger partial charge in [0.05, 0.1) is 5.69 Å². The number of aliphatic imine (C=N–C) groups is 1. The molecule has 0 aliphatic carbocycles. The maximum absolute atomic E-state index is 4.58. The minimum atomic E-state index is 0. The van der Waals surface area contributed by atoms with Crippen LogP contribution in [0.25, 0.3) is 21.3 Å². The van der Waals surface area contributed by atoms with Crippen molar-refractivity contribution >= 4 is 17.1 Å². The van der Waals surface area contributed by atoms with E-state index in [9.17, 15) is 0 Å². The second-order valence-corrected chi connectivity index (χ2v) is 6.66. The van der Waals surface area contributed by atoms with E-state index in [0.29, 0.717) is 0 Å². The number of aryl methyl sites for hydroxylation is 2. The summed E-state index contributed by atoms with van der Waals surface area (Å²) in [6.45, 7) is 8.14. The Morgan fingerprint density at radius 2 is 1.03 bits per heavy atom. The Bertz CT molecular complexity index is 703. The molecule has 2 rings (SSSR count). The van der Waals surface area contributed by atoms with Gasteiger partial charge in [0.15, 0.2) is 0 Å². The summed E-state index contributed by atoms with van der Waals surface area (Å²) < 4.78 is 0. The molecule has 0 unspecified atom stereocenters. The molecule has 0 aliphatic heterocycles. The number of hydrogen-bond acceptors (Lipinski definition) is 1. The van der Waals surface area contributed by atoms with Crippen LogP contribution in [0.15, 0.2) is 65.3 Å². The van der Waals surface area contributed by atoms with E-state index in [2.05, 4.69) is 64.4 Å². The number of rotatable bonds is 4. The molecule has 5 nitrogen and oxygen atoms in total. The molecule has 0 amide bonds. The minimum absolute atomic E-state index is 0. The summed E-state index contributed by atoms with van der Waals surface area (Å²) in [7, 11) is 10.5. The van der Waals surface area contributed by atoms with Gasteiger partial charge in [0.25, 0.3) is 0 Å². The van der Waals surface area contributed by atoms with Gasteiger partial charge in [-0.05, 0) is 32.9 Å². The Hall–Kier alpha value is -1.59. The van der Waals surface area contributed by atoms with Gasteiger partial charge in [-0.25, -0.2) is 0 Å². The van der Waals surface area contributed by atoms with E-state index in [0.717, 1.165) is 22.8 Å². The molecule has 6 heteroatoms. The molecule has 0 atom stereocenters. The largest absolute Gasteiger partial charge is 4.00 e. The Morgan fingerprint density at radius 1 is 0.677 bits per heavy atom. The quantitative estimate of drug-likeness (QED) is 0.383. The first-order chi connectivity index (χ1) is 14.3. The molecule has 2 aromatic carbocycles. The molecule has 0 bridgehead atoms. The van der Waals surface area contributed by atoms with Crippen LogP contribution < -0.4 is 0 Å². The molecule has 31 heavy (non-hydrogen) atoms. The van der Waals surface area contributed by atoms with Crippen molar-refractivity contribution in [3.63, 3.8) is 0 Å². The predicted molar refractivity (Wildman–Crippen MR) is 138 cm³/mol. The van der Waals surface area contributed by atoms with Gasteiger partial charge in [-0.2, -0.15) is 48.0 Å². The number of hydrogen-bond donors (Lipinski definition) is 0. The SMILES string of the molecule is CC(/C=C(/C)[N-]c1ccc(C)cc1)=Nc1ccc(C)cc1.C[N-]C.C[N-]C.C[N-]C.[Zr+4]. The first kappa shape index (κ1) is 34.0. The van der Waals surface area contributed by atoms with Crippen LogP contribution in [0.4, 0.5) is 11.4 Å². The smallest absolute Gasteiger partial charge is 0.668 e. The van der Waals surface area contributed by atoms with Crippen LogP contribution in [0.3, 0.4) is 0 Å². The van der Waals surface area contributed by atoms with Gasteiger partial charge in [-0.1, -0.05) is 60.5 Å². The second kappa shape index (κ2) is 23.1. The average molecular weight is 501 g/mol. The zero-order chi connectivity index (χ0) is 23.4. The zero-order valence-corrected chi connectivity index (χ0v) is 23.4. The van der Waals surface area contributed by atoms with E-state index >= 15 is 0 Å². The van der Waals surface area contributed by atoms with Crippen molar-refractivity contribution in [3.05, 3.63) is 92.7 Å². The summed E-state index contributed by atoms with van der Waals surface area (Å²) >= 11 is 0. The predicted octanol–water partition coefficient (Wildman–Crippen LogP) is 7.86. The third-order valence-corrected chi connectivity index (χ3v) is 3.10. The van der Waals surface area contributed by atoms with Crippen LogP contribution in [0.5, 0.6) is 0 Å². The summed E-state index contributed by atoms with van der Waals surface area (Å²) in [5.41, 5.74) is 6.33. The summed E-state index contributed by atoms with van der Waals surface area (Å²) in [5.74, 6) is 0. The van der Waals surface area contributed by atoms with Crippen molar-refractivity contribution < 1.29 is 26.2 Å². The van der Waals surface area contributed by atoms with Gasteiger partial charge in [0, 0.05) is 5.71 Å². The second-order valence-electron chi connectivity index (χ2n) is 6.66. The fraction of sp³-hybridized carbons (Fsp3) is 0.400. The van der Waals surface area contributed by atoms with Crippen LogP contribution >= 0.6 is 0 Å². The summed E-state index contributed by atoms with van der Waals surface area (Å²) in [5, 5.41) is 15.1. The van der Waals surface area contributed by atoms with Crippen molar-refractivity contribution in [1.29, 1.82) is 0 Å². The molecule has 168 valence electrons. The zero-order valence-electron chi connectivity index (χ0n) is 20.9. The first-order valence-corrected chi connectivity index (χ1v) is 9.80. The van der Waals surface area contributed by atoms with Crippen LogP contribution in [0.1, 0.15) is 25.0 Å². The van der Waals surface area contributed by atoms with Crippen LogP contribution in [-0.4, -0.2) is 48.0 Å². The Kier molecular flexibility index (Phi) is 25.3. The van der Waals surface area contributed by atoms with Crippen molar-refractivity contribution in [2.75, 3.05) is 42.3 Å². The topological polar surface area (TPSA) is 68.8 Å².